The Morgan fingerprint density at radius 2 is 1.96 bits per heavy atom. The molecule has 2 fully saturated rings. The van der Waals surface area contributed by atoms with Gasteiger partial charge in [-0.1, -0.05) is 0 Å². The molecule has 3 rings (SSSR count). The molecule has 1 aromatic rings. The summed E-state index contributed by atoms with van der Waals surface area (Å²) in [4.78, 5) is 17.6. The summed E-state index contributed by atoms with van der Waals surface area (Å²) >= 11 is 0. The third-order valence-corrected chi connectivity index (χ3v) is 4.47. The van der Waals surface area contributed by atoms with E-state index in [0.717, 1.165) is 25.9 Å². The van der Waals surface area contributed by atoms with Crippen molar-refractivity contribution < 1.29 is 22.7 Å². The summed E-state index contributed by atoms with van der Waals surface area (Å²) < 4.78 is 41.9. The Labute approximate surface area is 144 Å². The number of halogens is 4. The van der Waals surface area contributed by atoms with Crippen LogP contribution >= 0.6 is 12.4 Å². The van der Waals surface area contributed by atoms with E-state index in [1.807, 2.05) is 0 Å². The van der Waals surface area contributed by atoms with Crippen LogP contribution in [0.1, 0.15) is 25.0 Å². The predicted molar refractivity (Wildman–Crippen MR) is 84.4 cm³/mol. The largest absolute Gasteiger partial charge is 0.574 e. The monoisotopic (exact) mass is 365 g/mol. The number of piperidine rings is 1. The van der Waals surface area contributed by atoms with Crippen LogP contribution in [-0.2, 0) is 4.79 Å². The highest BCUT2D eigenvalue weighted by atomic mass is 35.5. The van der Waals surface area contributed by atoms with Crippen molar-refractivity contribution in [3.05, 3.63) is 17.8 Å². The van der Waals surface area contributed by atoms with Gasteiger partial charge in [-0.25, -0.2) is 4.98 Å². The highest BCUT2D eigenvalue weighted by molar-refractivity contribution is 5.97. The van der Waals surface area contributed by atoms with Crippen molar-refractivity contribution in [3.8, 4) is 5.88 Å². The van der Waals surface area contributed by atoms with Gasteiger partial charge in [-0.3, -0.25) is 4.79 Å². The van der Waals surface area contributed by atoms with Crippen LogP contribution in [0.15, 0.2) is 12.1 Å². The molecule has 3 heterocycles. The summed E-state index contributed by atoms with van der Waals surface area (Å²) in [7, 11) is 0. The van der Waals surface area contributed by atoms with Crippen LogP contribution in [-0.4, -0.2) is 36.9 Å². The molecule has 0 unspecified atom stereocenters. The third kappa shape index (κ3) is 3.92. The molecule has 9 heteroatoms. The lowest BCUT2D eigenvalue weighted by atomic mass is 9.78. The number of amides is 1. The van der Waals surface area contributed by atoms with E-state index in [-0.39, 0.29) is 29.4 Å². The van der Waals surface area contributed by atoms with Crippen molar-refractivity contribution in [2.75, 3.05) is 24.5 Å². The average Bonchev–Trinajstić information content (AvgIpc) is 2.74. The number of hydrogen-bond acceptors (Lipinski definition) is 4. The predicted octanol–water partition coefficient (Wildman–Crippen LogP) is 2.82. The van der Waals surface area contributed by atoms with E-state index in [9.17, 15) is 18.0 Å². The molecule has 5 nitrogen and oxygen atoms in total. The number of nitrogens with one attached hydrogen (secondary N) is 1. The van der Waals surface area contributed by atoms with Gasteiger partial charge in [0, 0.05) is 18.7 Å². The molecular formula is C15H19ClF3N3O2. The fourth-order valence-electron chi connectivity index (χ4n) is 3.32. The summed E-state index contributed by atoms with van der Waals surface area (Å²) in [5.74, 6) is -0.735. The summed E-state index contributed by atoms with van der Waals surface area (Å²) in [5.41, 5.74) is 0.326. The van der Waals surface area contributed by atoms with E-state index in [1.54, 1.807) is 13.0 Å². The second-order valence-corrected chi connectivity index (χ2v) is 6.23. The lowest BCUT2D eigenvalue weighted by Gasteiger charge is -2.33. The minimum atomic E-state index is -4.84. The summed E-state index contributed by atoms with van der Waals surface area (Å²) in [6.45, 7) is 3.62. The lowest BCUT2D eigenvalue weighted by Crippen LogP contribution is -2.38. The van der Waals surface area contributed by atoms with Gasteiger partial charge in [0.05, 0.1) is 0 Å². The van der Waals surface area contributed by atoms with Crippen molar-refractivity contribution in [2.24, 2.45) is 5.41 Å². The van der Waals surface area contributed by atoms with Gasteiger partial charge in [0.15, 0.2) is 0 Å². The zero-order chi connectivity index (χ0) is 16.7. The van der Waals surface area contributed by atoms with Gasteiger partial charge in [0.1, 0.15) is 5.69 Å². The average molecular weight is 366 g/mol. The second kappa shape index (κ2) is 6.76. The molecule has 0 atom stereocenters. The molecular weight excluding hydrogens is 347 g/mol. The molecule has 1 spiro atoms. The Kier molecular flexibility index (Phi) is 5.29. The number of aromatic nitrogens is 1. The molecule has 0 saturated carbocycles. The van der Waals surface area contributed by atoms with Crippen molar-refractivity contribution in [1.29, 1.82) is 0 Å². The fraction of sp³-hybridized carbons (Fsp3) is 0.600. The van der Waals surface area contributed by atoms with Crippen molar-refractivity contribution >= 4 is 24.0 Å². The van der Waals surface area contributed by atoms with Crippen molar-refractivity contribution in [3.63, 3.8) is 0 Å². The topological polar surface area (TPSA) is 54.5 Å². The summed E-state index contributed by atoms with van der Waals surface area (Å²) in [6, 6.07) is 3.06. The Hall–Kier alpha value is -1.54. The van der Waals surface area contributed by atoms with Gasteiger partial charge >= 0.3 is 6.36 Å². The van der Waals surface area contributed by atoms with Gasteiger partial charge in [-0.05, 0) is 50.4 Å². The zero-order valence-electron chi connectivity index (χ0n) is 13.2. The fourth-order valence-corrected chi connectivity index (χ4v) is 3.32. The third-order valence-electron chi connectivity index (χ3n) is 4.47. The van der Waals surface area contributed by atoms with Crippen molar-refractivity contribution in [1.82, 2.24) is 10.3 Å². The van der Waals surface area contributed by atoms with Crippen LogP contribution in [0.2, 0.25) is 0 Å². The number of anilines is 1. The molecule has 2 saturated heterocycles. The Bertz CT molecular complexity index is 618. The highest BCUT2D eigenvalue weighted by Crippen LogP contribution is 2.43. The molecule has 0 aliphatic carbocycles. The number of aryl methyl sites for hydroxylation is 1. The first kappa shape index (κ1) is 18.8. The van der Waals surface area contributed by atoms with Gasteiger partial charge in [-0.15, -0.1) is 25.6 Å². The first-order chi connectivity index (χ1) is 10.8. The Balaban J connectivity index is 0.00000208. The molecule has 1 N–H and O–H groups in total. The number of ether oxygens (including phenoxy) is 1. The lowest BCUT2D eigenvalue weighted by molar-refractivity contribution is -0.276. The molecule has 1 aromatic heterocycles. The van der Waals surface area contributed by atoms with Crippen molar-refractivity contribution in [2.45, 2.75) is 32.5 Å². The molecule has 24 heavy (non-hydrogen) atoms. The maximum absolute atomic E-state index is 12.6. The van der Waals surface area contributed by atoms with E-state index in [2.05, 4.69) is 15.0 Å². The molecule has 0 bridgehead atoms. The number of carbonyl (C=O) groups is 1. The van der Waals surface area contributed by atoms with E-state index < -0.39 is 12.2 Å². The quantitative estimate of drug-likeness (QED) is 0.875. The van der Waals surface area contributed by atoms with Crippen LogP contribution in [0.5, 0.6) is 5.88 Å². The first-order valence-electron chi connectivity index (χ1n) is 7.53. The molecule has 134 valence electrons. The van der Waals surface area contributed by atoms with E-state index >= 15 is 0 Å². The normalized spacial score (nSPS) is 20.2. The smallest absolute Gasteiger partial charge is 0.386 e. The maximum Gasteiger partial charge on any atom is 0.574 e. The van der Waals surface area contributed by atoms with E-state index in [0.29, 0.717) is 18.7 Å². The van der Waals surface area contributed by atoms with Gasteiger partial charge in [0.25, 0.3) is 0 Å². The molecule has 1 amide bonds. The van der Waals surface area contributed by atoms with E-state index in [1.165, 1.54) is 11.0 Å². The minimum Gasteiger partial charge on any atom is -0.386 e. The summed E-state index contributed by atoms with van der Waals surface area (Å²) in [6.07, 6.45) is -2.81. The molecule has 2 aliphatic rings. The summed E-state index contributed by atoms with van der Waals surface area (Å²) in [5, 5.41) is 3.24. The van der Waals surface area contributed by atoms with E-state index in [4.69, 9.17) is 0 Å². The van der Waals surface area contributed by atoms with Gasteiger partial charge < -0.3 is 15.0 Å². The second-order valence-electron chi connectivity index (χ2n) is 6.23. The van der Waals surface area contributed by atoms with Crippen LogP contribution < -0.4 is 15.0 Å². The Morgan fingerprint density at radius 1 is 1.29 bits per heavy atom. The SMILES string of the molecule is Cc1ccc(N2CC3(CCNCC3)CC2=O)c(OC(F)(F)F)n1.Cl. The van der Waals surface area contributed by atoms with Gasteiger partial charge in [0.2, 0.25) is 11.8 Å². The van der Waals surface area contributed by atoms with Gasteiger partial charge in [-0.2, -0.15) is 0 Å². The number of hydrogen-bond donors (Lipinski definition) is 1. The van der Waals surface area contributed by atoms with Crippen LogP contribution in [0.3, 0.4) is 0 Å². The van der Waals surface area contributed by atoms with Crippen LogP contribution in [0, 0.1) is 12.3 Å². The maximum atomic E-state index is 12.6. The zero-order valence-corrected chi connectivity index (χ0v) is 14.0. The highest BCUT2D eigenvalue weighted by Gasteiger charge is 2.45. The molecule has 0 aromatic carbocycles. The molecule has 0 radical (unpaired) electrons. The number of alkyl halides is 3. The number of nitrogens with zero attached hydrogens (tertiary/aromatic N) is 2. The number of rotatable bonds is 2. The van der Waals surface area contributed by atoms with Crippen LogP contribution in [0.4, 0.5) is 18.9 Å². The minimum absolute atomic E-state index is 0. The number of pyridine rings is 1. The standard InChI is InChI=1S/C15H18F3N3O2.ClH/c1-10-2-3-11(13(20-10)23-15(16,17)18)21-9-14(8-12(21)22)4-6-19-7-5-14;/h2-3,19H,4-9H2,1H3;1H. The first-order valence-corrected chi connectivity index (χ1v) is 7.53. The number of carbonyl (C=O) groups excluding carboxylic acids is 1. The Morgan fingerprint density at radius 3 is 2.58 bits per heavy atom. The van der Waals surface area contributed by atoms with Crippen LogP contribution in [0.25, 0.3) is 0 Å². The molecule has 2 aliphatic heterocycles.